The Hall–Kier alpha value is -2.23. The molecule has 0 aliphatic carbocycles. The first-order chi connectivity index (χ1) is 9.28. The lowest BCUT2D eigenvalue weighted by molar-refractivity contribution is 0.0943. The molecule has 1 aromatic heterocycles. The fraction of sp³-hybridized carbons (Fsp3) is 0.267. The van der Waals surface area contributed by atoms with Gasteiger partial charge >= 0.3 is 0 Å². The summed E-state index contributed by atoms with van der Waals surface area (Å²) in [5.74, 6) is 1.05. The summed E-state index contributed by atoms with van der Waals surface area (Å²) in [4.78, 5) is 12.1. The van der Waals surface area contributed by atoms with Crippen LogP contribution in [0.1, 0.15) is 10.5 Å². The first kappa shape index (κ1) is 11.8. The number of hydrogen-bond acceptors (Lipinski definition) is 3. The number of ketones is 1. The van der Waals surface area contributed by atoms with Crippen LogP contribution in [0.5, 0.6) is 5.75 Å². The molecule has 0 radical (unpaired) electrons. The Labute approximate surface area is 112 Å². The summed E-state index contributed by atoms with van der Waals surface area (Å²) in [6.45, 7) is 1.41. The highest BCUT2D eigenvalue weighted by Crippen LogP contribution is 2.22. The predicted octanol–water partition coefficient (Wildman–Crippen LogP) is 2.42. The van der Waals surface area contributed by atoms with Crippen molar-refractivity contribution in [3.63, 3.8) is 0 Å². The Kier molecular flexibility index (Phi) is 2.99. The van der Waals surface area contributed by atoms with E-state index in [1.165, 1.54) is 0 Å². The molecule has 3 rings (SSSR count). The van der Waals surface area contributed by atoms with Gasteiger partial charge in [-0.25, -0.2) is 0 Å². The highest BCUT2D eigenvalue weighted by Gasteiger charge is 2.29. The number of benzene rings is 1. The normalized spacial score (nSPS) is 17.3. The number of nitrogens with one attached hydrogen (secondary N) is 1. The lowest BCUT2D eigenvalue weighted by atomic mass is 10.1. The predicted molar refractivity (Wildman–Crippen MR) is 73.7 cm³/mol. The van der Waals surface area contributed by atoms with Gasteiger partial charge in [-0.15, -0.1) is 0 Å². The standard InChI is InChI=1S/C15H16N2O2/c1-19-13-5-2-4-12(8-13)16-9-11-10-17-7-3-6-14(17)15(11)18/h2-8,11,16H,9-10H2,1H3. The summed E-state index contributed by atoms with van der Waals surface area (Å²) in [5.41, 5.74) is 1.79. The van der Waals surface area contributed by atoms with Crippen LogP contribution in [0.15, 0.2) is 42.6 Å². The highest BCUT2D eigenvalue weighted by atomic mass is 16.5. The Bertz CT molecular complexity index is 604. The summed E-state index contributed by atoms with van der Waals surface area (Å²) >= 11 is 0. The SMILES string of the molecule is COc1cccc(NCC2Cn3cccc3C2=O)c1. The fourth-order valence-corrected chi connectivity index (χ4v) is 2.46. The second-order valence-corrected chi connectivity index (χ2v) is 4.72. The van der Waals surface area contributed by atoms with Gasteiger partial charge in [0.15, 0.2) is 5.78 Å². The number of carbonyl (C=O) groups excluding carboxylic acids is 1. The molecule has 98 valence electrons. The zero-order valence-corrected chi connectivity index (χ0v) is 10.8. The van der Waals surface area contributed by atoms with E-state index in [9.17, 15) is 4.79 Å². The molecular weight excluding hydrogens is 240 g/mol. The van der Waals surface area contributed by atoms with Crippen LogP contribution in [0.3, 0.4) is 0 Å². The van der Waals surface area contributed by atoms with E-state index in [0.717, 1.165) is 23.7 Å². The quantitative estimate of drug-likeness (QED) is 0.913. The largest absolute Gasteiger partial charge is 0.497 e. The topological polar surface area (TPSA) is 43.3 Å². The van der Waals surface area contributed by atoms with Crippen molar-refractivity contribution in [2.75, 3.05) is 19.0 Å². The Morgan fingerprint density at radius 1 is 1.37 bits per heavy atom. The van der Waals surface area contributed by atoms with E-state index < -0.39 is 0 Å². The van der Waals surface area contributed by atoms with E-state index >= 15 is 0 Å². The number of anilines is 1. The molecule has 2 aromatic rings. The van der Waals surface area contributed by atoms with E-state index in [2.05, 4.69) is 5.32 Å². The third kappa shape index (κ3) is 2.21. The van der Waals surface area contributed by atoms with Gasteiger partial charge in [0.2, 0.25) is 0 Å². The lowest BCUT2D eigenvalue weighted by Crippen LogP contribution is -2.20. The van der Waals surface area contributed by atoms with Crippen molar-refractivity contribution in [1.29, 1.82) is 0 Å². The van der Waals surface area contributed by atoms with Crippen LogP contribution < -0.4 is 10.1 Å². The average Bonchev–Trinajstić information content (AvgIpc) is 3.00. The molecule has 0 fully saturated rings. The van der Waals surface area contributed by atoms with E-state index in [1.807, 2.05) is 47.2 Å². The molecule has 2 heterocycles. The van der Waals surface area contributed by atoms with Gasteiger partial charge in [-0.3, -0.25) is 4.79 Å². The van der Waals surface area contributed by atoms with Gasteiger partial charge in [0.25, 0.3) is 0 Å². The van der Waals surface area contributed by atoms with Crippen molar-refractivity contribution < 1.29 is 9.53 Å². The fourth-order valence-electron chi connectivity index (χ4n) is 2.46. The number of rotatable bonds is 4. The first-order valence-electron chi connectivity index (χ1n) is 6.35. The third-order valence-electron chi connectivity index (χ3n) is 3.49. The summed E-state index contributed by atoms with van der Waals surface area (Å²) in [6.07, 6.45) is 1.96. The summed E-state index contributed by atoms with van der Waals surface area (Å²) < 4.78 is 7.19. The Morgan fingerprint density at radius 3 is 3.05 bits per heavy atom. The molecule has 1 N–H and O–H groups in total. The number of Topliss-reactive ketones (excluding diaryl/α,β-unsaturated/α-hetero) is 1. The number of carbonyl (C=O) groups is 1. The Balaban J connectivity index is 1.64. The lowest BCUT2D eigenvalue weighted by Gasteiger charge is -2.11. The van der Waals surface area contributed by atoms with Gasteiger partial charge < -0.3 is 14.6 Å². The molecule has 19 heavy (non-hydrogen) atoms. The van der Waals surface area contributed by atoms with Crippen LogP contribution >= 0.6 is 0 Å². The molecule has 0 bridgehead atoms. The van der Waals surface area contributed by atoms with Crippen LogP contribution in [0, 0.1) is 5.92 Å². The zero-order chi connectivity index (χ0) is 13.2. The van der Waals surface area contributed by atoms with E-state index in [0.29, 0.717) is 6.54 Å². The van der Waals surface area contributed by atoms with Gasteiger partial charge in [0, 0.05) is 31.0 Å². The number of nitrogens with zero attached hydrogens (tertiary/aromatic N) is 1. The minimum absolute atomic E-state index is 0.0161. The molecule has 4 heteroatoms. The molecule has 1 unspecified atom stereocenters. The summed E-state index contributed by atoms with van der Waals surface area (Å²) in [7, 11) is 1.65. The van der Waals surface area contributed by atoms with Crippen molar-refractivity contribution in [1.82, 2.24) is 4.57 Å². The van der Waals surface area contributed by atoms with Gasteiger partial charge in [0.1, 0.15) is 5.75 Å². The van der Waals surface area contributed by atoms with Gasteiger partial charge in [-0.1, -0.05) is 6.07 Å². The molecule has 0 saturated carbocycles. The van der Waals surface area contributed by atoms with E-state index in [4.69, 9.17) is 4.74 Å². The smallest absolute Gasteiger partial charge is 0.185 e. The summed E-state index contributed by atoms with van der Waals surface area (Å²) in [5, 5.41) is 3.30. The van der Waals surface area contributed by atoms with Gasteiger partial charge in [0.05, 0.1) is 18.7 Å². The zero-order valence-electron chi connectivity index (χ0n) is 10.8. The maximum Gasteiger partial charge on any atom is 0.185 e. The molecular formula is C15H16N2O2. The molecule has 4 nitrogen and oxygen atoms in total. The maximum absolute atomic E-state index is 12.1. The van der Waals surface area contributed by atoms with Crippen molar-refractivity contribution in [2.45, 2.75) is 6.54 Å². The minimum Gasteiger partial charge on any atom is -0.497 e. The first-order valence-corrected chi connectivity index (χ1v) is 6.35. The van der Waals surface area contributed by atoms with Crippen LogP contribution in [0.2, 0.25) is 0 Å². The van der Waals surface area contributed by atoms with Crippen molar-refractivity contribution in [2.24, 2.45) is 5.92 Å². The number of methoxy groups -OCH3 is 1. The second kappa shape index (κ2) is 4.80. The van der Waals surface area contributed by atoms with Crippen molar-refractivity contribution in [3.8, 4) is 5.75 Å². The average molecular weight is 256 g/mol. The van der Waals surface area contributed by atoms with Gasteiger partial charge in [-0.05, 0) is 24.3 Å². The number of fused-ring (bicyclic) bond motifs is 1. The molecule has 1 atom stereocenters. The van der Waals surface area contributed by atoms with Crippen LogP contribution in [0.25, 0.3) is 0 Å². The Morgan fingerprint density at radius 2 is 2.26 bits per heavy atom. The molecule has 0 saturated heterocycles. The number of ether oxygens (including phenoxy) is 1. The minimum atomic E-state index is 0.0161. The molecule has 1 aromatic carbocycles. The molecule has 1 aliphatic heterocycles. The van der Waals surface area contributed by atoms with Crippen LogP contribution in [0.4, 0.5) is 5.69 Å². The van der Waals surface area contributed by atoms with Crippen LogP contribution in [-0.4, -0.2) is 24.0 Å². The monoisotopic (exact) mass is 256 g/mol. The molecule has 0 amide bonds. The van der Waals surface area contributed by atoms with Crippen molar-refractivity contribution >= 4 is 11.5 Å². The third-order valence-corrected chi connectivity index (χ3v) is 3.49. The van der Waals surface area contributed by atoms with Gasteiger partial charge in [-0.2, -0.15) is 0 Å². The summed E-state index contributed by atoms with van der Waals surface area (Å²) in [6, 6.07) is 11.5. The number of hydrogen-bond donors (Lipinski definition) is 1. The highest BCUT2D eigenvalue weighted by molar-refractivity contribution is 5.98. The second-order valence-electron chi connectivity index (χ2n) is 4.72. The van der Waals surface area contributed by atoms with Crippen LogP contribution in [-0.2, 0) is 6.54 Å². The van der Waals surface area contributed by atoms with Crippen molar-refractivity contribution in [3.05, 3.63) is 48.3 Å². The molecule has 0 spiro atoms. The number of aromatic nitrogens is 1. The molecule has 1 aliphatic rings. The van der Waals surface area contributed by atoms with E-state index in [1.54, 1.807) is 7.11 Å². The maximum atomic E-state index is 12.1. The van der Waals surface area contributed by atoms with E-state index in [-0.39, 0.29) is 11.7 Å².